The van der Waals surface area contributed by atoms with Gasteiger partial charge in [-0.15, -0.1) is 0 Å². The Morgan fingerprint density at radius 2 is 1.56 bits per heavy atom. The number of halogens is 1. The summed E-state index contributed by atoms with van der Waals surface area (Å²) in [7, 11) is 0. The Bertz CT molecular complexity index is 1760. The molecule has 0 saturated heterocycles. The maximum absolute atomic E-state index is 14.6. The van der Waals surface area contributed by atoms with E-state index in [1.54, 1.807) is 31.2 Å². The average Bonchev–Trinajstić information content (AvgIpc) is 3.32. The molecule has 0 fully saturated rings. The summed E-state index contributed by atoms with van der Waals surface area (Å²) in [6.45, 7) is 1.62. The number of anilines is 2. The normalized spacial score (nSPS) is 11.4. The van der Waals surface area contributed by atoms with Crippen molar-refractivity contribution in [1.82, 2.24) is 9.55 Å². The van der Waals surface area contributed by atoms with E-state index in [-0.39, 0.29) is 17.9 Å². The van der Waals surface area contributed by atoms with Gasteiger partial charge in [0.1, 0.15) is 12.4 Å². The van der Waals surface area contributed by atoms with Crippen LogP contribution in [0, 0.1) is 12.7 Å². The fraction of sp³-hybridized carbons (Fsp3) is 0.0690. The summed E-state index contributed by atoms with van der Waals surface area (Å²) in [5.74, 6) is -0.693. The second kappa shape index (κ2) is 8.70. The Morgan fingerprint density at radius 3 is 2.22 bits per heavy atom. The number of hydrogen-bond donors (Lipinski definition) is 0. The van der Waals surface area contributed by atoms with E-state index >= 15 is 0 Å². The molecule has 0 saturated carbocycles. The quantitative estimate of drug-likeness (QED) is 0.261. The van der Waals surface area contributed by atoms with Crippen molar-refractivity contribution >= 4 is 60.1 Å². The highest BCUT2D eigenvalue weighted by atomic mass is 32.1. The van der Waals surface area contributed by atoms with Gasteiger partial charge in [-0.05, 0) is 61.0 Å². The van der Waals surface area contributed by atoms with Gasteiger partial charge in [-0.1, -0.05) is 53.8 Å². The third kappa shape index (κ3) is 3.65. The lowest BCUT2D eigenvalue weighted by Gasteiger charge is -2.22. The van der Waals surface area contributed by atoms with Crippen LogP contribution in [-0.4, -0.2) is 15.5 Å². The predicted molar refractivity (Wildman–Crippen MR) is 144 cm³/mol. The molecule has 5 nitrogen and oxygen atoms in total. The van der Waals surface area contributed by atoms with Gasteiger partial charge in [0.2, 0.25) is 0 Å². The Hall–Kier alpha value is -4.36. The summed E-state index contributed by atoms with van der Waals surface area (Å²) in [4.78, 5) is 33.3. The molecule has 36 heavy (non-hydrogen) atoms. The second-order valence-electron chi connectivity index (χ2n) is 8.58. The largest absolute Gasteiger partial charge is 0.331 e. The first-order chi connectivity index (χ1) is 17.5. The number of rotatable bonds is 4. The second-order valence-corrected chi connectivity index (χ2v) is 9.59. The van der Waals surface area contributed by atoms with Crippen LogP contribution < -0.4 is 10.3 Å². The summed E-state index contributed by atoms with van der Waals surface area (Å²) in [6.07, 6.45) is 0. The molecule has 176 valence electrons. The zero-order chi connectivity index (χ0) is 24.8. The van der Waals surface area contributed by atoms with Crippen molar-refractivity contribution in [1.29, 1.82) is 0 Å². The summed E-state index contributed by atoms with van der Waals surface area (Å²) in [5.41, 5.74) is 2.91. The molecule has 0 radical (unpaired) electrons. The number of aryl methyl sites for hydroxylation is 1. The average molecular weight is 494 g/mol. The van der Waals surface area contributed by atoms with Crippen LogP contribution in [0.2, 0.25) is 0 Å². The smallest absolute Gasteiger partial charge is 0.253 e. The lowest BCUT2D eigenvalue weighted by atomic mass is 10.1. The molecule has 0 atom stereocenters. The first kappa shape index (κ1) is 22.1. The predicted octanol–water partition coefficient (Wildman–Crippen LogP) is 6.58. The zero-order valence-electron chi connectivity index (χ0n) is 19.3. The van der Waals surface area contributed by atoms with Crippen molar-refractivity contribution in [3.8, 4) is 0 Å². The van der Waals surface area contributed by atoms with Crippen molar-refractivity contribution in [2.24, 2.45) is 0 Å². The molecular formula is C29H20FN3O2S. The van der Waals surface area contributed by atoms with Gasteiger partial charge < -0.3 is 4.57 Å². The molecular weight excluding hydrogens is 473 g/mol. The molecule has 0 bridgehead atoms. The van der Waals surface area contributed by atoms with E-state index in [1.807, 2.05) is 65.2 Å². The lowest BCUT2D eigenvalue weighted by Crippen LogP contribution is -2.30. The van der Waals surface area contributed by atoms with Crippen molar-refractivity contribution < 1.29 is 9.18 Å². The topological polar surface area (TPSA) is 55.2 Å². The first-order valence-corrected chi connectivity index (χ1v) is 12.3. The molecule has 7 heteroatoms. The van der Waals surface area contributed by atoms with Gasteiger partial charge in [0.15, 0.2) is 10.6 Å². The van der Waals surface area contributed by atoms with E-state index in [4.69, 9.17) is 0 Å². The summed E-state index contributed by atoms with van der Waals surface area (Å²) >= 11 is 1.37. The van der Waals surface area contributed by atoms with Gasteiger partial charge in [0.25, 0.3) is 5.91 Å². The van der Waals surface area contributed by atoms with Crippen molar-refractivity contribution in [2.45, 2.75) is 13.5 Å². The Labute approximate surface area is 209 Å². The van der Waals surface area contributed by atoms with Crippen LogP contribution in [0.15, 0.2) is 95.8 Å². The molecule has 0 unspecified atom stereocenters. The van der Waals surface area contributed by atoms with Gasteiger partial charge in [-0.3, -0.25) is 14.5 Å². The van der Waals surface area contributed by atoms with Gasteiger partial charge in [0.05, 0.1) is 26.9 Å². The standard InChI is InChI=1S/C29H20FN3O2S/c1-18-14-15-19(16-22(18)30)33(29-31-23-10-4-7-13-26(23)36-29)27(34)17-32-24-11-5-2-8-20(24)28(35)21-9-3-6-12-25(21)32/h2-16H,17H2,1H3. The van der Waals surface area contributed by atoms with Gasteiger partial charge in [-0.2, -0.15) is 0 Å². The van der Waals surface area contributed by atoms with Crippen LogP contribution in [0.4, 0.5) is 15.2 Å². The molecule has 6 aromatic rings. The van der Waals surface area contributed by atoms with E-state index in [9.17, 15) is 14.0 Å². The molecule has 2 aromatic heterocycles. The molecule has 0 aliphatic carbocycles. The number of hydrogen-bond acceptors (Lipinski definition) is 4. The zero-order valence-corrected chi connectivity index (χ0v) is 20.1. The van der Waals surface area contributed by atoms with E-state index in [0.717, 1.165) is 10.2 Å². The fourth-order valence-electron chi connectivity index (χ4n) is 4.49. The van der Waals surface area contributed by atoms with Crippen LogP contribution in [0.3, 0.4) is 0 Å². The number of benzene rings is 4. The summed E-state index contributed by atoms with van der Waals surface area (Å²) < 4.78 is 17.4. The SMILES string of the molecule is Cc1ccc(N(C(=O)Cn2c3ccccc3c(=O)c3ccccc32)c2nc3ccccc3s2)cc1F. The van der Waals surface area contributed by atoms with Crippen molar-refractivity contribution in [3.05, 3.63) is 113 Å². The molecule has 0 aliphatic heterocycles. The number of carbonyl (C=O) groups is 1. The van der Waals surface area contributed by atoms with Gasteiger partial charge in [0, 0.05) is 10.8 Å². The third-order valence-electron chi connectivity index (χ3n) is 6.31. The van der Waals surface area contributed by atoms with Crippen LogP contribution in [0.5, 0.6) is 0 Å². The van der Waals surface area contributed by atoms with Crippen LogP contribution in [-0.2, 0) is 11.3 Å². The Morgan fingerprint density at radius 1 is 0.917 bits per heavy atom. The number of thiazole rings is 1. The fourth-order valence-corrected chi connectivity index (χ4v) is 5.49. The van der Waals surface area contributed by atoms with E-state index in [2.05, 4.69) is 4.98 Å². The number of carbonyl (C=O) groups excluding carboxylic acids is 1. The molecule has 6 rings (SSSR count). The molecule has 0 spiro atoms. The van der Waals surface area contributed by atoms with E-state index < -0.39 is 5.82 Å². The van der Waals surface area contributed by atoms with Crippen LogP contribution >= 0.6 is 11.3 Å². The van der Waals surface area contributed by atoms with Crippen LogP contribution in [0.1, 0.15) is 5.56 Å². The van der Waals surface area contributed by atoms with Crippen molar-refractivity contribution in [2.75, 3.05) is 4.90 Å². The molecule has 0 N–H and O–H groups in total. The summed E-state index contributed by atoms with van der Waals surface area (Å²) in [6, 6.07) is 26.9. The van der Waals surface area contributed by atoms with Crippen molar-refractivity contribution in [3.63, 3.8) is 0 Å². The van der Waals surface area contributed by atoms with Crippen LogP contribution in [0.25, 0.3) is 32.0 Å². The number of amides is 1. The third-order valence-corrected chi connectivity index (χ3v) is 7.33. The molecule has 1 amide bonds. The maximum Gasteiger partial charge on any atom is 0.253 e. The molecule has 2 heterocycles. The lowest BCUT2D eigenvalue weighted by molar-refractivity contribution is -0.118. The first-order valence-electron chi connectivity index (χ1n) is 11.5. The number of pyridine rings is 1. The molecule has 0 aliphatic rings. The van der Waals surface area contributed by atoms with E-state index in [1.165, 1.54) is 22.3 Å². The molecule has 4 aromatic carbocycles. The highest BCUT2D eigenvalue weighted by Crippen LogP contribution is 2.34. The van der Waals surface area contributed by atoms with Gasteiger partial charge in [-0.25, -0.2) is 9.37 Å². The highest BCUT2D eigenvalue weighted by molar-refractivity contribution is 7.22. The van der Waals surface area contributed by atoms with Gasteiger partial charge >= 0.3 is 0 Å². The Kier molecular flexibility index (Phi) is 5.34. The highest BCUT2D eigenvalue weighted by Gasteiger charge is 2.24. The minimum Gasteiger partial charge on any atom is -0.331 e. The monoisotopic (exact) mass is 493 g/mol. The maximum atomic E-state index is 14.6. The minimum absolute atomic E-state index is 0.0628. The number of nitrogens with zero attached hydrogens (tertiary/aromatic N) is 3. The Balaban J connectivity index is 1.54. The number of para-hydroxylation sites is 3. The number of aromatic nitrogens is 2. The summed E-state index contributed by atoms with van der Waals surface area (Å²) in [5, 5.41) is 1.54. The van der Waals surface area contributed by atoms with E-state index in [0.29, 0.717) is 38.2 Å². The number of fused-ring (bicyclic) bond motifs is 3. The minimum atomic E-state index is -0.398.